The van der Waals surface area contributed by atoms with E-state index in [2.05, 4.69) is 0 Å². The van der Waals surface area contributed by atoms with Gasteiger partial charge >= 0.3 is 0 Å². The molecule has 2 spiro atoms. The second-order valence-electron chi connectivity index (χ2n) is 19.9. The first-order chi connectivity index (χ1) is 34.8. The molecule has 2 aromatic heterocycles. The zero-order valence-corrected chi connectivity index (χ0v) is 41.5. The van der Waals surface area contributed by atoms with Crippen molar-refractivity contribution < 1.29 is 56.1 Å². The summed E-state index contributed by atoms with van der Waals surface area (Å²) in [7, 11) is 3.19. The van der Waals surface area contributed by atoms with Gasteiger partial charge in [-0.15, -0.1) is 0 Å². The van der Waals surface area contributed by atoms with E-state index in [1.54, 1.807) is 33.2 Å². The van der Waals surface area contributed by atoms with Crippen LogP contribution >= 0.6 is 0 Å². The first kappa shape index (κ1) is 57.4. The Kier molecular flexibility index (Phi) is 17.5. The number of nitrogens with zero attached hydrogens (tertiary/aromatic N) is 4. The fraction of sp³-hybridized carbons (Fsp3) is 0.439. The summed E-state index contributed by atoms with van der Waals surface area (Å²) in [6.07, 6.45) is 3.77. The van der Waals surface area contributed by atoms with Crippen molar-refractivity contribution in [3.63, 3.8) is 0 Å². The molecule has 4 heterocycles. The van der Waals surface area contributed by atoms with Crippen molar-refractivity contribution >= 4 is 23.4 Å². The van der Waals surface area contributed by atoms with E-state index in [-0.39, 0.29) is 116 Å². The maximum Gasteiger partial charge on any atom is 0.274 e. The van der Waals surface area contributed by atoms with E-state index < -0.39 is 68.4 Å². The second kappa shape index (κ2) is 22.9. The number of ether oxygens (including phenoxy) is 3. The first-order valence-electron chi connectivity index (χ1n) is 24.3. The molecule has 14 nitrogen and oxygen atoms in total. The molecule has 3 aromatic carbocycles. The quantitative estimate of drug-likeness (QED) is 0.0702. The Morgan fingerprint density at radius 3 is 1.53 bits per heavy atom. The summed E-state index contributed by atoms with van der Waals surface area (Å²) >= 11 is 0. The normalized spacial score (nSPS) is 20.0. The third kappa shape index (κ3) is 11.1. The minimum Gasteiger partial charge on any atom is -0.503 e. The molecule has 2 saturated carbocycles. The highest BCUT2D eigenvalue weighted by Crippen LogP contribution is 2.55. The summed E-state index contributed by atoms with van der Waals surface area (Å²) in [5.41, 5.74) is -1.98. The van der Waals surface area contributed by atoms with Crippen molar-refractivity contribution in [1.29, 1.82) is 0 Å². The van der Waals surface area contributed by atoms with Crippen LogP contribution in [0, 0.1) is 35.1 Å². The summed E-state index contributed by atoms with van der Waals surface area (Å²) in [6.45, 7) is 9.27. The summed E-state index contributed by atoms with van der Waals surface area (Å²) in [4.78, 5) is 83.2. The number of aromatic nitrogens is 2. The molecule has 0 radical (unpaired) electrons. The van der Waals surface area contributed by atoms with Crippen LogP contribution in [0.15, 0.2) is 88.7 Å². The number of fused-ring (bicyclic) bond motifs is 4. The Hall–Kier alpha value is -6.92. The minimum atomic E-state index is -0.927. The fourth-order valence-electron chi connectivity index (χ4n) is 10.3. The number of carbonyl (C=O) groups excluding carboxylic acids is 4. The van der Waals surface area contributed by atoms with E-state index in [1.165, 1.54) is 24.5 Å². The number of ketones is 2. The van der Waals surface area contributed by atoms with Gasteiger partial charge in [0.05, 0.1) is 35.4 Å². The van der Waals surface area contributed by atoms with Crippen molar-refractivity contribution in [2.45, 2.75) is 111 Å². The maximum atomic E-state index is 14.2. The monoisotopic (exact) mass is 1040 g/mol. The summed E-state index contributed by atoms with van der Waals surface area (Å²) in [6, 6.07) is 15.2. The van der Waals surface area contributed by atoms with Crippen molar-refractivity contribution in [1.82, 2.24) is 18.9 Å². The molecule has 4 atom stereocenters. The van der Waals surface area contributed by atoms with Gasteiger partial charge in [-0.3, -0.25) is 28.8 Å². The molecule has 18 heteroatoms. The Bertz CT molecular complexity index is 3110. The van der Waals surface area contributed by atoms with E-state index in [4.69, 9.17) is 14.2 Å². The number of aryl methyl sites for hydroxylation is 2. The lowest BCUT2D eigenvalue weighted by Crippen LogP contribution is -2.52. The number of rotatable bonds is 17. The number of hydrogen-bond acceptors (Lipinski definition) is 10. The lowest BCUT2D eigenvalue weighted by Gasteiger charge is -2.40. The van der Waals surface area contributed by atoms with E-state index in [9.17, 15) is 51.4 Å². The molecule has 0 bridgehead atoms. The van der Waals surface area contributed by atoms with Crippen molar-refractivity contribution in [2.24, 2.45) is 11.8 Å². The molecule has 75 heavy (non-hydrogen) atoms. The molecule has 0 unspecified atom stereocenters. The Balaban J connectivity index is 0.000000242. The standard InChI is InChI=1S/C31H32F2N2O5.C24H26F2N2O5.2CH4/c1-19(2)34-18-31(14-22(31)17-39-3)35-15-24(26(36)12-10-21-9-11-23(32)13-25(21)33)28(37)29(27(35)30(34)38)40-16-20-7-5-4-6-8-20;1-13(2)27-12-24(9-15(24)11-33-3)28-10-17(21(30)22(31)20(28)23(27)32)19(29)7-5-14-4-6-16(25)8-18(14)26;;/h4-9,11,13,15,19,22H,10,12,14,16-18H2,1-3H3;4,6,8,10,13,15,31H,5,7,9,11-12H2,1-3H3;2*1H4/t22-,31+;15-,24+;;/m11../s1. The van der Waals surface area contributed by atoms with E-state index in [1.807, 2.05) is 58.0 Å². The second-order valence-corrected chi connectivity index (χ2v) is 19.9. The van der Waals surface area contributed by atoms with Gasteiger partial charge < -0.3 is 38.3 Å². The number of pyridine rings is 2. The lowest BCUT2D eigenvalue weighted by molar-refractivity contribution is 0.0535. The van der Waals surface area contributed by atoms with Crippen LogP contribution in [0.3, 0.4) is 0 Å². The van der Waals surface area contributed by atoms with Crippen LogP contribution < -0.4 is 15.6 Å². The molecule has 2 aliphatic carbocycles. The molecule has 2 amide bonds. The number of carbonyl (C=O) groups is 4. The van der Waals surface area contributed by atoms with Gasteiger partial charge in [-0.1, -0.05) is 57.3 Å². The molecule has 9 rings (SSSR count). The van der Waals surface area contributed by atoms with Crippen LogP contribution in [0.4, 0.5) is 17.6 Å². The summed E-state index contributed by atoms with van der Waals surface area (Å²) in [5, 5.41) is 10.7. The highest BCUT2D eigenvalue weighted by molar-refractivity contribution is 6.01. The predicted octanol–water partition coefficient (Wildman–Crippen LogP) is 8.89. The topological polar surface area (TPSA) is 167 Å². The highest BCUT2D eigenvalue weighted by Gasteiger charge is 2.62. The molecule has 2 fully saturated rings. The molecule has 4 aliphatic rings. The van der Waals surface area contributed by atoms with Gasteiger partial charge in [0.15, 0.2) is 34.5 Å². The molecule has 0 saturated heterocycles. The molecule has 402 valence electrons. The first-order valence-corrected chi connectivity index (χ1v) is 24.3. The van der Waals surface area contributed by atoms with Gasteiger partial charge in [-0.2, -0.15) is 0 Å². The largest absolute Gasteiger partial charge is 0.503 e. The Labute approximate surface area is 433 Å². The molecular weight excluding hydrogens is 977 g/mol. The number of aromatic hydroxyl groups is 1. The number of benzene rings is 3. The van der Waals surface area contributed by atoms with E-state index in [0.717, 1.165) is 29.8 Å². The Morgan fingerprint density at radius 2 is 1.09 bits per heavy atom. The van der Waals surface area contributed by atoms with Gasteiger partial charge in [-0.25, -0.2) is 17.6 Å². The van der Waals surface area contributed by atoms with Crippen LogP contribution in [0.5, 0.6) is 11.5 Å². The fourth-order valence-corrected chi connectivity index (χ4v) is 10.3. The van der Waals surface area contributed by atoms with E-state index in [0.29, 0.717) is 39.1 Å². The number of halogens is 4. The van der Waals surface area contributed by atoms with Gasteiger partial charge in [-0.05, 0) is 82.2 Å². The van der Waals surface area contributed by atoms with Gasteiger partial charge in [0, 0.05) is 88.6 Å². The van der Waals surface area contributed by atoms with Crippen LogP contribution in [-0.4, -0.2) is 100 Å². The van der Waals surface area contributed by atoms with E-state index >= 15 is 0 Å². The smallest absolute Gasteiger partial charge is 0.274 e. The number of amides is 2. The average molecular weight is 1040 g/mol. The van der Waals surface area contributed by atoms with Crippen LogP contribution in [-0.2, 0) is 40.0 Å². The molecule has 2 aliphatic heterocycles. The van der Waals surface area contributed by atoms with Crippen LogP contribution in [0.2, 0.25) is 0 Å². The minimum absolute atomic E-state index is 0. The van der Waals surface area contributed by atoms with Crippen LogP contribution in [0.1, 0.15) is 127 Å². The SMILES string of the molecule is C.C.COC[C@H]1C[C@]12CN(C(C)C)C(=O)c1c(O)c(=O)c(C(=O)CCc3ccc(F)cc3F)cn12.COC[C@H]1C[C@]12CN(C(C)C)C(=O)c1c(OCc3ccccc3)c(=O)c(C(=O)CCc3ccc(F)cc3F)cn12. The van der Waals surface area contributed by atoms with Crippen molar-refractivity contribution in [3.8, 4) is 11.5 Å². The maximum absolute atomic E-state index is 14.2. The predicted molar refractivity (Wildman–Crippen MR) is 274 cm³/mol. The zero-order valence-electron chi connectivity index (χ0n) is 41.5. The number of hydrogen-bond donors (Lipinski definition) is 1. The zero-order chi connectivity index (χ0) is 52.7. The third-order valence-corrected chi connectivity index (χ3v) is 14.6. The van der Waals surface area contributed by atoms with Gasteiger partial charge in [0.1, 0.15) is 29.9 Å². The third-order valence-electron chi connectivity index (χ3n) is 14.6. The highest BCUT2D eigenvalue weighted by atomic mass is 19.1. The average Bonchev–Trinajstić information content (AvgIpc) is 4.25. The van der Waals surface area contributed by atoms with Crippen molar-refractivity contribution in [3.05, 3.63) is 162 Å². The molecular formula is C57H66F4N4O10. The van der Waals surface area contributed by atoms with Crippen molar-refractivity contribution in [2.75, 3.05) is 40.5 Å². The number of Topliss-reactive ketones (excluding diaryl/α,β-unsaturated/α-hetero) is 2. The van der Waals surface area contributed by atoms with Crippen LogP contribution in [0.25, 0.3) is 0 Å². The summed E-state index contributed by atoms with van der Waals surface area (Å²) < 4.78 is 74.7. The Morgan fingerprint density at radius 1 is 0.653 bits per heavy atom. The summed E-state index contributed by atoms with van der Waals surface area (Å²) in [5.74, 6) is -5.66. The number of methoxy groups -OCH3 is 2. The molecule has 5 aromatic rings. The van der Waals surface area contributed by atoms with Gasteiger partial charge in [0.2, 0.25) is 10.9 Å². The lowest BCUT2D eigenvalue weighted by atomic mass is 9.99. The molecule has 1 N–H and O–H groups in total. The van der Waals surface area contributed by atoms with Gasteiger partial charge in [0.25, 0.3) is 11.8 Å².